The first kappa shape index (κ1) is 35.4. The summed E-state index contributed by atoms with van der Waals surface area (Å²) in [4.78, 5) is 60.5. The molecule has 3 amide bonds. The van der Waals surface area contributed by atoms with Crippen LogP contribution in [0.25, 0.3) is 0 Å². The zero-order chi connectivity index (χ0) is 34.3. The van der Waals surface area contributed by atoms with E-state index in [2.05, 4.69) is 25.9 Å². The molecule has 0 aromatic heterocycles. The highest BCUT2D eigenvalue weighted by Gasteiger charge is 2.30. The number of nitrogens with two attached hydrogens (primary N) is 4. The van der Waals surface area contributed by atoms with E-state index in [0.29, 0.717) is 5.56 Å². The van der Waals surface area contributed by atoms with Gasteiger partial charge < -0.3 is 49.1 Å². The number of hydrogen-bond donors (Lipinski definition) is 9. The summed E-state index contributed by atoms with van der Waals surface area (Å²) in [6.07, 6.45) is 0.459. The standard InChI is InChI=1S/C32H39N9O6/c33-31(34)37-16-6-11-24(39-29(45)26(41-32(35)36)18-20-12-14-21(42)15-13-20)27(43)40-25(17-19-7-2-1-3-8-19)28(44)38-23-10-5-4-9-22(23)30(46)47/h1-5,7-10,12-15,24-26,42H,6,11,16-18H2,(H,38,44)(H,39,45)(H,40,43)(H,46,47)(H4,33,34,37)(H4,35,36,41)/t24-,25+,26+/m1/s1. The molecule has 3 aromatic carbocycles. The number of nitrogens with one attached hydrogen (secondary N) is 3. The number of guanidine groups is 2. The largest absolute Gasteiger partial charge is 0.508 e. The summed E-state index contributed by atoms with van der Waals surface area (Å²) in [6.45, 7) is 0.159. The van der Waals surface area contributed by atoms with E-state index in [0.717, 1.165) is 5.56 Å². The van der Waals surface area contributed by atoms with Crippen LogP contribution in [0.4, 0.5) is 5.69 Å². The molecule has 3 rings (SSSR count). The molecule has 0 aliphatic carbocycles. The van der Waals surface area contributed by atoms with Gasteiger partial charge in [0.1, 0.15) is 23.9 Å². The number of phenolic OH excluding ortho intramolecular Hbond substituents is 1. The fourth-order valence-corrected chi connectivity index (χ4v) is 4.60. The number of carboxylic acids is 1. The molecule has 248 valence electrons. The van der Waals surface area contributed by atoms with Crippen LogP contribution in [0.3, 0.4) is 0 Å². The summed E-state index contributed by atoms with van der Waals surface area (Å²) in [6, 6.07) is 17.4. The number of hydrogen-bond acceptors (Lipinski definition) is 7. The third-order valence-corrected chi connectivity index (χ3v) is 6.88. The lowest BCUT2D eigenvalue weighted by molar-refractivity contribution is -0.131. The zero-order valence-corrected chi connectivity index (χ0v) is 25.5. The summed E-state index contributed by atoms with van der Waals surface area (Å²) in [7, 11) is 0. The topological polar surface area (TPSA) is 274 Å². The summed E-state index contributed by atoms with van der Waals surface area (Å²) < 4.78 is 0. The SMILES string of the molecule is NC(N)=NCCC[C@@H](NC(=O)[C@H](Cc1ccc(O)cc1)N=C(N)N)C(=O)N[C@@H](Cc1ccccc1)C(=O)Nc1ccccc1C(=O)O. The Labute approximate surface area is 271 Å². The molecule has 3 aromatic rings. The minimum absolute atomic E-state index is 0.0367. The van der Waals surface area contributed by atoms with E-state index in [1.54, 1.807) is 48.5 Å². The van der Waals surface area contributed by atoms with Crippen molar-refractivity contribution in [1.82, 2.24) is 10.6 Å². The predicted molar refractivity (Wildman–Crippen MR) is 177 cm³/mol. The molecule has 0 aliphatic rings. The first-order valence-corrected chi connectivity index (χ1v) is 14.6. The van der Waals surface area contributed by atoms with Gasteiger partial charge in [0.05, 0.1) is 11.3 Å². The lowest BCUT2D eigenvalue weighted by Gasteiger charge is -2.25. The van der Waals surface area contributed by atoms with Gasteiger partial charge in [-0.05, 0) is 48.2 Å². The van der Waals surface area contributed by atoms with Crippen LogP contribution in [0.5, 0.6) is 5.75 Å². The molecule has 0 saturated carbocycles. The van der Waals surface area contributed by atoms with Crippen molar-refractivity contribution in [3.63, 3.8) is 0 Å². The van der Waals surface area contributed by atoms with Crippen LogP contribution in [0.1, 0.15) is 34.3 Å². The first-order chi connectivity index (χ1) is 22.4. The van der Waals surface area contributed by atoms with E-state index in [1.165, 1.54) is 30.3 Å². The third kappa shape index (κ3) is 11.7. The molecule has 0 bridgehead atoms. The van der Waals surface area contributed by atoms with E-state index in [-0.39, 0.29) is 61.1 Å². The number of para-hydroxylation sites is 1. The van der Waals surface area contributed by atoms with E-state index in [9.17, 15) is 29.4 Å². The highest BCUT2D eigenvalue weighted by molar-refractivity contribution is 6.03. The number of aliphatic imine (C=N–C) groups is 2. The number of carbonyl (C=O) groups is 4. The second-order valence-corrected chi connectivity index (χ2v) is 10.5. The molecular formula is C32H39N9O6. The van der Waals surface area contributed by atoms with Crippen molar-refractivity contribution in [3.05, 3.63) is 95.6 Å². The molecular weight excluding hydrogens is 606 g/mol. The normalized spacial score (nSPS) is 12.4. The quantitative estimate of drug-likeness (QED) is 0.0579. The number of aromatic carboxylic acids is 1. The number of carbonyl (C=O) groups excluding carboxylic acids is 3. The Balaban J connectivity index is 1.88. The molecule has 0 unspecified atom stereocenters. The Bertz CT molecular complexity index is 1590. The van der Waals surface area contributed by atoms with Crippen molar-refractivity contribution in [2.75, 3.05) is 11.9 Å². The number of carboxylic acid groups (broad SMARTS) is 1. The van der Waals surface area contributed by atoms with Crippen molar-refractivity contribution in [2.45, 2.75) is 43.8 Å². The molecule has 0 radical (unpaired) electrons. The van der Waals surface area contributed by atoms with E-state index >= 15 is 0 Å². The summed E-state index contributed by atoms with van der Waals surface area (Å²) in [5.41, 5.74) is 23.3. The lowest BCUT2D eigenvalue weighted by Crippen LogP contribution is -2.54. The van der Waals surface area contributed by atoms with Gasteiger partial charge in [-0.15, -0.1) is 0 Å². The molecule has 0 saturated heterocycles. The fraction of sp³-hybridized carbons (Fsp3) is 0.250. The molecule has 3 atom stereocenters. The Morgan fingerprint density at radius 1 is 0.702 bits per heavy atom. The Kier molecular flexibility index (Phi) is 13.1. The Morgan fingerprint density at radius 2 is 1.32 bits per heavy atom. The van der Waals surface area contributed by atoms with E-state index in [1.807, 2.05) is 0 Å². The number of nitrogens with zero attached hydrogens (tertiary/aromatic N) is 2. The maximum Gasteiger partial charge on any atom is 0.337 e. The van der Waals surface area contributed by atoms with E-state index < -0.39 is 41.8 Å². The smallest absolute Gasteiger partial charge is 0.337 e. The summed E-state index contributed by atoms with van der Waals surface area (Å²) >= 11 is 0. The van der Waals surface area contributed by atoms with Crippen molar-refractivity contribution in [1.29, 1.82) is 0 Å². The molecule has 15 nitrogen and oxygen atoms in total. The van der Waals surface area contributed by atoms with E-state index in [4.69, 9.17) is 22.9 Å². The molecule has 15 heteroatoms. The number of phenols is 1. The number of benzene rings is 3. The number of rotatable bonds is 16. The second kappa shape index (κ2) is 17.4. The van der Waals surface area contributed by atoms with Crippen molar-refractivity contribution in [2.24, 2.45) is 32.9 Å². The van der Waals surface area contributed by atoms with Gasteiger partial charge in [0.2, 0.25) is 17.7 Å². The van der Waals surface area contributed by atoms with Crippen LogP contribution in [0.2, 0.25) is 0 Å². The van der Waals surface area contributed by atoms with Gasteiger partial charge in [-0.25, -0.2) is 9.79 Å². The van der Waals surface area contributed by atoms with Crippen molar-refractivity contribution >= 4 is 41.3 Å². The number of aromatic hydroxyl groups is 1. The van der Waals surface area contributed by atoms with Crippen LogP contribution < -0.4 is 38.9 Å². The van der Waals surface area contributed by atoms with Crippen molar-refractivity contribution in [3.8, 4) is 5.75 Å². The van der Waals surface area contributed by atoms with Gasteiger partial charge in [0.25, 0.3) is 0 Å². The third-order valence-electron chi connectivity index (χ3n) is 6.88. The number of amides is 3. The minimum atomic E-state index is -1.24. The van der Waals surface area contributed by atoms with Crippen LogP contribution in [-0.2, 0) is 27.2 Å². The Hall–Kier alpha value is -6.12. The van der Waals surface area contributed by atoms with Crippen LogP contribution in [0.15, 0.2) is 88.8 Å². The van der Waals surface area contributed by atoms with Gasteiger partial charge in [0.15, 0.2) is 11.9 Å². The summed E-state index contributed by atoms with van der Waals surface area (Å²) in [5, 5.41) is 27.2. The van der Waals surface area contributed by atoms with Gasteiger partial charge in [0, 0.05) is 19.4 Å². The second-order valence-electron chi connectivity index (χ2n) is 10.5. The monoisotopic (exact) mass is 645 g/mol. The average molecular weight is 646 g/mol. The van der Waals surface area contributed by atoms with Gasteiger partial charge in [-0.1, -0.05) is 54.6 Å². The van der Waals surface area contributed by atoms with Crippen LogP contribution in [0, 0.1) is 0 Å². The van der Waals surface area contributed by atoms with Gasteiger partial charge in [-0.2, -0.15) is 0 Å². The molecule has 0 heterocycles. The highest BCUT2D eigenvalue weighted by atomic mass is 16.4. The van der Waals surface area contributed by atoms with Gasteiger partial charge in [-0.3, -0.25) is 19.4 Å². The molecule has 0 fully saturated rings. The highest BCUT2D eigenvalue weighted by Crippen LogP contribution is 2.17. The Morgan fingerprint density at radius 3 is 1.96 bits per heavy atom. The molecule has 47 heavy (non-hydrogen) atoms. The lowest BCUT2D eigenvalue weighted by atomic mass is 10.0. The molecule has 0 spiro atoms. The van der Waals surface area contributed by atoms with Crippen LogP contribution >= 0.6 is 0 Å². The zero-order valence-electron chi connectivity index (χ0n) is 25.5. The van der Waals surface area contributed by atoms with Gasteiger partial charge >= 0.3 is 5.97 Å². The first-order valence-electron chi connectivity index (χ1n) is 14.6. The predicted octanol–water partition coefficient (Wildman–Crippen LogP) is 0.180. The number of anilines is 1. The average Bonchev–Trinajstić information content (AvgIpc) is 3.03. The van der Waals surface area contributed by atoms with Crippen LogP contribution in [-0.4, -0.2) is 70.5 Å². The van der Waals surface area contributed by atoms with Crippen molar-refractivity contribution < 1.29 is 29.4 Å². The molecule has 13 N–H and O–H groups in total. The fourth-order valence-electron chi connectivity index (χ4n) is 4.60. The maximum absolute atomic E-state index is 13.8. The summed E-state index contributed by atoms with van der Waals surface area (Å²) in [5.74, 6) is -3.74. The minimum Gasteiger partial charge on any atom is -0.508 e. The molecule has 0 aliphatic heterocycles. The maximum atomic E-state index is 13.8.